The maximum Gasteiger partial charge on any atom is 0.267 e. The Hall–Kier alpha value is -3.51. The van der Waals surface area contributed by atoms with E-state index in [0.29, 0.717) is 24.5 Å². The monoisotopic (exact) mass is 375 g/mol. The molecule has 0 aliphatic carbocycles. The second-order valence-electron chi connectivity index (χ2n) is 6.26. The summed E-state index contributed by atoms with van der Waals surface area (Å²) in [7, 11) is 0. The molecule has 28 heavy (non-hydrogen) atoms. The molecule has 0 atom stereocenters. The van der Waals surface area contributed by atoms with Gasteiger partial charge in [0.1, 0.15) is 0 Å². The van der Waals surface area contributed by atoms with Crippen molar-refractivity contribution in [1.82, 2.24) is 15.4 Å². The zero-order valence-corrected chi connectivity index (χ0v) is 15.3. The van der Waals surface area contributed by atoms with Crippen LogP contribution in [0.4, 0.5) is 0 Å². The molecule has 2 amide bonds. The predicted molar refractivity (Wildman–Crippen MR) is 108 cm³/mol. The van der Waals surface area contributed by atoms with Gasteiger partial charge in [-0.15, -0.1) is 0 Å². The van der Waals surface area contributed by atoms with Crippen molar-refractivity contribution >= 4 is 29.5 Å². The Labute approximate surface area is 163 Å². The van der Waals surface area contributed by atoms with E-state index in [1.54, 1.807) is 29.2 Å². The lowest BCUT2D eigenvalue weighted by Crippen LogP contribution is -2.33. The molecule has 142 valence electrons. The Morgan fingerprint density at radius 2 is 1.71 bits per heavy atom. The van der Waals surface area contributed by atoms with Gasteiger partial charge in [0.05, 0.1) is 11.4 Å². The van der Waals surface area contributed by atoms with E-state index >= 15 is 0 Å². The molecule has 2 heterocycles. The van der Waals surface area contributed by atoms with Gasteiger partial charge in [0.15, 0.2) is 0 Å². The molecule has 1 aromatic heterocycles. The van der Waals surface area contributed by atoms with Crippen molar-refractivity contribution in [2.45, 2.75) is 6.42 Å². The maximum absolute atomic E-state index is 12.4. The van der Waals surface area contributed by atoms with Gasteiger partial charge in [0.2, 0.25) is 5.91 Å². The second kappa shape index (κ2) is 9.43. The normalized spacial score (nSPS) is 14.3. The first kappa shape index (κ1) is 19.3. The number of carbonyl (C=O) groups is 2. The molecule has 0 saturated heterocycles. The number of aromatic nitrogens is 1. The van der Waals surface area contributed by atoms with Crippen LogP contribution in [0.2, 0.25) is 0 Å². The predicted octanol–water partition coefficient (Wildman–Crippen LogP) is 2.93. The maximum atomic E-state index is 12.4. The molecule has 2 aromatic rings. The minimum absolute atomic E-state index is 0.0641. The van der Waals surface area contributed by atoms with E-state index in [9.17, 15) is 9.59 Å². The number of carbonyl (C=O) groups excluding carboxylic acids is 2. The van der Waals surface area contributed by atoms with Crippen LogP contribution < -0.4 is 5.48 Å². The van der Waals surface area contributed by atoms with E-state index in [0.717, 1.165) is 6.42 Å². The molecule has 6 nitrogen and oxygen atoms in total. The molecule has 2 N–H and O–H groups in total. The third kappa shape index (κ3) is 5.25. The highest BCUT2D eigenvalue weighted by Gasteiger charge is 2.15. The fourth-order valence-electron chi connectivity index (χ4n) is 2.90. The highest BCUT2D eigenvalue weighted by molar-refractivity contribution is 5.92. The van der Waals surface area contributed by atoms with Gasteiger partial charge in [-0.25, -0.2) is 10.5 Å². The summed E-state index contributed by atoms with van der Waals surface area (Å²) >= 11 is 0. The molecule has 0 saturated carbocycles. The fraction of sp³-hybridized carbons (Fsp3) is 0.136. The summed E-state index contributed by atoms with van der Waals surface area (Å²) in [6, 6.07) is 15.5. The van der Waals surface area contributed by atoms with Crippen LogP contribution in [0.15, 0.2) is 66.8 Å². The van der Waals surface area contributed by atoms with Gasteiger partial charge in [-0.3, -0.25) is 14.8 Å². The third-order valence-electron chi connectivity index (χ3n) is 4.37. The van der Waals surface area contributed by atoms with E-state index in [-0.39, 0.29) is 5.91 Å². The van der Waals surface area contributed by atoms with Crippen molar-refractivity contribution in [3.05, 3.63) is 83.7 Å². The number of pyridine rings is 1. The number of benzene rings is 1. The van der Waals surface area contributed by atoms with Gasteiger partial charge in [-0.2, -0.15) is 0 Å². The Morgan fingerprint density at radius 3 is 2.36 bits per heavy atom. The number of nitrogens with one attached hydrogen (secondary N) is 1. The molecule has 0 radical (unpaired) electrons. The molecule has 0 bridgehead atoms. The summed E-state index contributed by atoms with van der Waals surface area (Å²) < 4.78 is 0. The number of hydroxylamine groups is 1. The number of rotatable bonds is 5. The first-order valence-corrected chi connectivity index (χ1v) is 8.96. The number of amides is 2. The largest absolute Gasteiger partial charge is 0.335 e. The summed E-state index contributed by atoms with van der Waals surface area (Å²) in [5, 5.41) is 8.49. The smallest absolute Gasteiger partial charge is 0.267 e. The van der Waals surface area contributed by atoms with Crippen LogP contribution in [-0.2, 0) is 9.59 Å². The average Bonchev–Trinajstić information content (AvgIpc) is 2.76. The summed E-state index contributed by atoms with van der Waals surface area (Å²) in [6.45, 7) is 1.26. The molecule has 1 aliphatic heterocycles. The van der Waals surface area contributed by atoms with Crippen molar-refractivity contribution in [1.29, 1.82) is 0 Å². The van der Waals surface area contributed by atoms with E-state index in [4.69, 9.17) is 5.21 Å². The van der Waals surface area contributed by atoms with E-state index in [2.05, 4.69) is 23.2 Å². The first-order valence-electron chi connectivity index (χ1n) is 8.96. The zero-order chi connectivity index (χ0) is 19.8. The lowest BCUT2D eigenvalue weighted by molar-refractivity contribution is -0.125. The van der Waals surface area contributed by atoms with Crippen molar-refractivity contribution in [2.24, 2.45) is 0 Å². The van der Waals surface area contributed by atoms with Crippen LogP contribution >= 0.6 is 0 Å². The van der Waals surface area contributed by atoms with Crippen molar-refractivity contribution < 1.29 is 14.8 Å². The van der Waals surface area contributed by atoms with Gasteiger partial charge < -0.3 is 4.90 Å². The quantitative estimate of drug-likeness (QED) is 0.478. The highest BCUT2D eigenvalue weighted by Crippen LogP contribution is 2.22. The molecule has 0 fully saturated rings. The van der Waals surface area contributed by atoms with Gasteiger partial charge >= 0.3 is 0 Å². The lowest BCUT2D eigenvalue weighted by atomic mass is 9.99. The van der Waals surface area contributed by atoms with Crippen molar-refractivity contribution in [3.8, 4) is 0 Å². The molecule has 1 aliphatic rings. The van der Waals surface area contributed by atoms with Crippen LogP contribution in [0.1, 0.15) is 23.4 Å². The lowest BCUT2D eigenvalue weighted by Gasteiger charge is -2.25. The van der Waals surface area contributed by atoms with Crippen LogP contribution in [0.3, 0.4) is 0 Å². The molecule has 0 unspecified atom stereocenters. The average molecular weight is 375 g/mol. The molecular formula is C22H21N3O3. The van der Waals surface area contributed by atoms with Crippen LogP contribution in [0.25, 0.3) is 17.7 Å². The molecule has 6 heteroatoms. The van der Waals surface area contributed by atoms with E-state index in [1.807, 2.05) is 18.2 Å². The minimum atomic E-state index is -0.633. The SMILES string of the molecule is O=C(/C=C/c1cccc(/C=C/C(=O)N2CC=C(c3ccccc3)CC2)n1)NO. The van der Waals surface area contributed by atoms with Crippen LogP contribution in [0.5, 0.6) is 0 Å². The van der Waals surface area contributed by atoms with Gasteiger partial charge in [0, 0.05) is 25.2 Å². The number of nitrogens with zero attached hydrogens (tertiary/aromatic N) is 2. The Balaban J connectivity index is 1.61. The topological polar surface area (TPSA) is 82.5 Å². The fourth-order valence-corrected chi connectivity index (χ4v) is 2.90. The summed E-state index contributed by atoms with van der Waals surface area (Å²) in [5.41, 5.74) is 5.14. The Morgan fingerprint density at radius 1 is 1.00 bits per heavy atom. The van der Waals surface area contributed by atoms with Crippen LogP contribution in [-0.4, -0.2) is 40.0 Å². The van der Waals surface area contributed by atoms with Crippen molar-refractivity contribution in [2.75, 3.05) is 13.1 Å². The summed E-state index contributed by atoms with van der Waals surface area (Å²) in [5.74, 6) is -0.697. The van der Waals surface area contributed by atoms with Crippen LogP contribution in [0, 0.1) is 0 Å². The second-order valence-corrected chi connectivity index (χ2v) is 6.26. The van der Waals surface area contributed by atoms with Gasteiger partial charge in [-0.1, -0.05) is 42.5 Å². The number of hydrogen-bond acceptors (Lipinski definition) is 4. The van der Waals surface area contributed by atoms with E-state index in [1.165, 1.54) is 34.8 Å². The standard InChI is InChI=1S/C22H21N3O3/c26-21(24-28)11-9-19-7-4-8-20(23-19)10-12-22(27)25-15-13-18(14-16-25)17-5-2-1-3-6-17/h1-13,28H,14-16H2,(H,24,26)/b11-9+,12-10+. The Kier molecular flexibility index (Phi) is 6.49. The molecular weight excluding hydrogens is 354 g/mol. The molecule has 0 spiro atoms. The Bertz CT molecular complexity index is 933. The van der Waals surface area contributed by atoms with Gasteiger partial charge in [0.25, 0.3) is 5.91 Å². The summed E-state index contributed by atoms with van der Waals surface area (Å²) in [4.78, 5) is 29.6. The summed E-state index contributed by atoms with van der Waals surface area (Å²) in [6.07, 6.45) is 8.74. The first-order chi connectivity index (χ1) is 13.7. The van der Waals surface area contributed by atoms with Crippen molar-refractivity contribution in [3.63, 3.8) is 0 Å². The minimum Gasteiger partial charge on any atom is -0.335 e. The van der Waals surface area contributed by atoms with Gasteiger partial charge in [-0.05, 0) is 41.8 Å². The molecule has 1 aromatic carbocycles. The molecule has 3 rings (SSSR count). The third-order valence-corrected chi connectivity index (χ3v) is 4.37. The van der Waals surface area contributed by atoms with E-state index < -0.39 is 5.91 Å². The number of hydrogen-bond donors (Lipinski definition) is 2. The highest BCUT2D eigenvalue weighted by atomic mass is 16.5. The zero-order valence-electron chi connectivity index (χ0n) is 15.3.